The van der Waals surface area contributed by atoms with E-state index in [-0.39, 0.29) is 12.1 Å². The Hall–Kier alpha value is -1.59. The number of anilines is 1. The summed E-state index contributed by atoms with van der Waals surface area (Å²) in [5, 5.41) is 3.57. The maximum absolute atomic E-state index is 11.9. The number of ether oxygens (including phenoxy) is 2. The van der Waals surface area contributed by atoms with Gasteiger partial charge in [0.15, 0.2) is 0 Å². The number of benzene rings is 1. The Kier molecular flexibility index (Phi) is 4.95. The quantitative estimate of drug-likeness (QED) is 0.841. The first kappa shape index (κ1) is 15.3. The molecule has 2 aliphatic rings. The van der Waals surface area contributed by atoms with Gasteiger partial charge in [-0.2, -0.15) is 0 Å². The first-order valence-corrected chi connectivity index (χ1v) is 8.05. The van der Waals surface area contributed by atoms with Crippen LogP contribution in [0.5, 0.6) is 0 Å². The van der Waals surface area contributed by atoms with Crippen LogP contribution in [0.25, 0.3) is 0 Å². The lowest BCUT2D eigenvalue weighted by Gasteiger charge is -2.37. The molecule has 0 amide bonds. The highest BCUT2D eigenvalue weighted by Crippen LogP contribution is 2.24. The number of morpholine rings is 1. The van der Waals surface area contributed by atoms with E-state index in [0.29, 0.717) is 18.2 Å². The molecular weight excluding hydrogens is 280 g/mol. The van der Waals surface area contributed by atoms with Gasteiger partial charge in [-0.25, -0.2) is 4.79 Å². The van der Waals surface area contributed by atoms with E-state index in [9.17, 15) is 4.79 Å². The number of nitrogens with zero attached hydrogens (tertiary/aromatic N) is 1. The molecule has 1 saturated carbocycles. The minimum atomic E-state index is -0.286. The minimum Gasteiger partial charge on any atom is -0.465 e. The minimum absolute atomic E-state index is 0.167. The molecule has 0 bridgehead atoms. The van der Waals surface area contributed by atoms with Crippen molar-refractivity contribution in [2.75, 3.05) is 38.3 Å². The van der Waals surface area contributed by atoms with Crippen molar-refractivity contribution >= 4 is 11.7 Å². The molecule has 5 nitrogen and oxygen atoms in total. The lowest BCUT2D eigenvalue weighted by molar-refractivity contribution is 0.0369. The molecule has 0 spiro atoms. The second-order valence-electron chi connectivity index (χ2n) is 5.98. The van der Waals surface area contributed by atoms with Gasteiger partial charge in [0, 0.05) is 25.7 Å². The third-order valence-electron chi connectivity index (χ3n) is 4.53. The van der Waals surface area contributed by atoms with Crippen LogP contribution in [-0.4, -0.2) is 51.5 Å². The highest BCUT2D eigenvalue weighted by atomic mass is 16.5. The van der Waals surface area contributed by atoms with Gasteiger partial charge >= 0.3 is 5.97 Å². The Balaban J connectivity index is 1.65. The molecule has 1 aliphatic carbocycles. The van der Waals surface area contributed by atoms with Crippen LogP contribution < -0.4 is 10.2 Å². The lowest BCUT2D eigenvalue weighted by Crippen LogP contribution is -2.49. The Morgan fingerprint density at radius 2 is 2.23 bits per heavy atom. The number of carbonyl (C=O) groups is 1. The van der Waals surface area contributed by atoms with Gasteiger partial charge in [0.2, 0.25) is 0 Å². The number of hydrogen-bond donors (Lipinski definition) is 1. The largest absolute Gasteiger partial charge is 0.465 e. The summed E-state index contributed by atoms with van der Waals surface area (Å²) in [6, 6.07) is 8.29. The molecule has 0 aromatic heterocycles. The van der Waals surface area contributed by atoms with Crippen molar-refractivity contribution in [1.29, 1.82) is 0 Å². The number of rotatable bonds is 5. The molecule has 1 aromatic carbocycles. The van der Waals surface area contributed by atoms with Crippen LogP contribution in [0.1, 0.15) is 29.6 Å². The van der Waals surface area contributed by atoms with Gasteiger partial charge in [-0.3, -0.25) is 0 Å². The molecule has 120 valence electrons. The van der Waals surface area contributed by atoms with E-state index < -0.39 is 0 Å². The average molecular weight is 304 g/mol. The predicted octanol–water partition coefficient (Wildman–Crippen LogP) is 1.82. The van der Waals surface area contributed by atoms with Crippen molar-refractivity contribution in [3.8, 4) is 0 Å². The van der Waals surface area contributed by atoms with Gasteiger partial charge in [0.25, 0.3) is 0 Å². The fourth-order valence-electron chi connectivity index (χ4n) is 3.00. The molecule has 3 rings (SSSR count). The Labute approximate surface area is 131 Å². The van der Waals surface area contributed by atoms with E-state index in [4.69, 9.17) is 9.47 Å². The van der Waals surface area contributed by atoms with Gasteiger partial charge in [-0.1, -0.05) is 18.6 Å². The van der Waals surface area contributed by atoms with Gasteiger partial charge < -0.3 is 19.7 Å². The molecule has 1 N–H and O–H groups in total. The van der Waals surface area contributed by atoms with Crippen molar-refractivity contribution < 1.29 is 14.3 Å². The Morgan fingerprint density at radius 1 is 1.41 bits per heavy atom. The summed E-state index contributed by atoms with van der Waals surface area (Å²) in [4.78, 5) is 14.2. The molecule has 1 aromatic rings. The number of esters is 1. The Bertz CT molecular complexity index is 516. The van der Waals surface area contributed by atoms with Crippen LogP contribution in [0, 0.1) is 0 Å². The van der Waals surface area contributed by atoms with E-state index in [1.807, 2.05) is 24.3 Å². The zero-order valence-corrected chi connectivity index (χ0v) is 13.1. The summed E-state index contributed by atoms with van der Waals surface area (Å²) < 4.78 is 10.7. The third kappa shape index (κ3) is 3.42. The number of hydrogen-bond acceptors (Lipinski definition) is 5. The lowest BCUT2D eigenvalue weighted by atomic mass is 9.93. The molecule has 5 heteroatoms. The SMILES string of the molecule is COC(=O)c1ccccc1N1CCO[C@H](CNC2CCC2)C1. The maximum atomic E-state index is 11.9. The standard InChI is InChI=1S/C17H24N2O3/c1-21-17(20)15-7-2-3-8-16(15)19-9-10-22-14(12-19)11-18-13-5-4-6-13/h2-3,7-8,13-14,18H,4-6,9-12H2,1H3/t14-/m1/s1. The Morgan fingerprint density at radius 3 is 2.95 bits per heavy atom. The molecule has 1 atom stereocenters. The van der Waals surface area contributed by atoms with E-state index in [1.54, 1.807) is 0 Å². The smallest absolute Gasteiger partial charge is 0.339 e. The number of nitrogens with one attached hydrogen (secondary N) is 1. The van der Waals surface area contributed by atoms with Crippen molar-refractivity contribution in [2.45, 2.75) is 31.4 Å². The fourth-order valence-corrected chi connectivity index (χ4v) is 3.00. The van der Waals surface area contributed by atoms with Crippen LogP contribution in [0.3, 0.4) is 0 Å². The fraction of sp³-hybridized carbons (Fsp3) is 0.588. The zero-order valence-electron chi connectivity index (χ0n) is 13.1. The summed E-state index contributed by atoms with van der Waals surface area (Å²) in [6.45, 7) is 3.16. The summed E-state index contributed by atoms with van der Waals surface area (Å²) in [5.74, 6) is -0.286. The first-order valence-electron chi connectivity index (χ1n) is 8.05. The number of carbonyl (C=O) groups excluding carboxylic acids is 1. The van der Waals surface area contributed by atoms with Gasteiger partial charge in [-0.05, 0) is 25.0 Å². The number of methoxy groups -OCH3 is 1. The summed E-state index contributed by atoms with van der Waals surface area (Å²) >= 11 is 0. The summed E-state index contributed by atoms with van der Waals surface area (Å²) in [5.41, 5.74) is 1.56. The molecule has 1 saturated heterocycles. The van der Waals surface area contributed by atoms with Crippen LogP contribution in [0.15, 0.2) is 24.3 Å². The van der Waals surface area contributed by atoms with E-state index in [1.165, 1.54) is 26.4 Å². The van der Waals surface area contributed by atoms with Crippen molar-refractivity contribution in [1.82, 2.24) is 5.32 Å². The van der Waals surface area contributed by atoms with E-state index in [0.717, 1.165) is 25.3 Å². The number of para-hydroxylation sites is 1. The molecule has 0 unspecified atom stereocenters. The molecule has 1 heterocycles. The first-order chi connectivity index (χ1) is 10.8. The van der Waals surface area contributed by atoms with Gasteiger partial charge in [0.1, 0.15) is 0 Å². The van der Waals surface area contributed by atoms with Crippen molar-refractivity contribution in [2.24, 2.45) is 0 Å². The average Bonchev–Trinajstić information content (AvgIpc) is 2.53. The normalized spacial score (nSPS) is 22.2. The van der Waals surface area contributed by atoms with Gasteiger partial charge in [-0.15, -0.1) is 0 Å². The van der Waals surface area contributed by atoms with Crippen LogP contribution in [0.4, 0.5) is 5.69 Å². The molecule has 2 fully saturated rings. The van der Waals surface area contributed by atoms with Crippen LogP contribution >= 0.6 is 0 Å². The second kappa shape index (κ2) is 7.11. The molecule has 0 radical (unpaired) electrons. The van der Waals surface area contributed by atoms with Crippen molar-refractivity contribution in [3.05, 3.63) is 29.8 Å². The topological polar surface area (TPSA) is 50.8 Å². The van der Waals surface area contributed by atoms with Gasteiger partial charge in [0.05, 0.1) is 31.1 Å². The second-order valence-corrected chi connectivity index (χ2v) is 5.98. The van der Waals surface area contributed by atoms with E-state index >= 15 is 0 Å². The third-order valence-corrected chi connectivity index (χ3v) is 4.53. The zero-order chi connectivity index (χ0) is 15.4. The van der Waals surface area contributed by atoms with Crippen LogP contribution in [-0.2, 0) is 9.47 Å². The predicted molar refractivity (Wildman–Crippen MR) is 85.4 cm³/mol. The molecule has 22 heavy (non-hydrogen) atoms. The van der Waals surface area contributed by atoms with Crippen LogP contribution in [0.2, 0.25) is 0 Å². The van der Waals surface area contributed by atoms with E-state index in [2.05, 4.69) is 10.2 Å². The highest BCUT2D eigenvalue weighted by Gasteiger charge is 2.25. The maximum Gasteiger partial charge on any atom is 0.339 e. The van der Waals surface area contributed by atoms with Crippen molar-refractivity contribution in [3.63, 3.8) is 0 Å². The summed E-state index contributed by atoms with van der Waals surface area (Å²) in [6.07, 6.45) is 4.06. The molecular formula is C17H24N2O3. The molecule has 1 aliphatic heterocycles. The summed E-state index contributed by atoms with van der Waals surface area (Å²) in [7, 11) is 1.42. The monoisotopic (exact) mass is 304 g/mol. The highest BCUT2D eigenvalue weighted by molar-refractivity contribution is 5.95.